The third kappa shape index (κ3) is 1.85. The van der Waals surface area contributed by atoms with Gasteiger partial charge in [0.25, 0.3) is 0 Å². The molecule has 0 saturated heterocycles. The zero-order chi connectivity index (χ0) is 8.97. The Morgan fingerprint density at radius 1 is 1.75 bits per heavy atom. The van der Waals surface area contributed by atoms with E-state index < -0.39 is 0 Å². The highest BCUT2D eigenvalue weighted by atomic mass is 35.5. The molecule has 1 aromatic heterocycles. The Hall–Kier alpha value is -1.29. The maximum Gasteiger partial charge on any atom is 0.212 e. The van der Waals surface area contributed by atoms with Gasteiger partial charge < -0.3 is 10.1 Å². The zero-order valence-corrected chi connectivity index (χ0v) is 7.13. The molecule has 0 aliphatic carbocycles. The van der Waals surface area contributed by atoms with Crippen LogP contribution in [0.1, 0.15) is 0 Å². The van der Waals surface area contributed by atoms with Crippen molar-refractivity contribution in [3.05, 3.63) is 17.3 Å². The van der Waals surface area contributed by atoms with Gasteiger partial charge in [-0.1, -0.05) is 11.6 Å². The number of carbonyl (C=O) groups is 1. The molecule has 1 aromatic rings. The predicted octanol–water partition coefficient (Wildman–Crippen LogP) is 1.31. The summed E-state index contributed by atoms with van der Waals surface area (Å²) in [4.78, 5) is 13.9. The summed E-state index contributed by atoms with van der Waals surface area (Å²) >= 11 is 5.69. The standard InChI is InChI=1S/C7H7ClN2O2/c1-12-6-2-7(10-4-11)9-3-5(6)8/h2-4H,1H3,(H,9,10,11). The number of anilines is 1. The van der Waals surface area contributed by atoms with E-state index in [1.165, 1.54) is 19.4 Å². The molecule has 1 rings (SSSR count). The Bertz CT molecular complexity index is 291. The molecule has 1 amide bonds. The van der Waals surface area contributed by atoms with E-state index in [1.54, 1.807) is 0 Å². The van der Waals surface area contributed by atoms with Crippen molar-refractivity contribution >= 4 is 23.8 Å². The summed E-state index contributed by atoms with van der Waals surface area (Å²) < 4.78 is 4.90. The van der Waals surface area contributed by atoms with Gasteiger partial charge in [-0.2, -0.15) is 0 Å². The Morgan fingerprint density at radius 3 is 3.08 bits per heavy atom. The first kappa shape index (κ1) is 8.80. The molecular formula is C7H7ClN2O2. The summed E-state index contributed by atoms with van der Waals surface area (Å²) in [6, 6.07) is 1.54. The lowest BCUT2D eigenvalue weighted by atomic mass is 10.4. The number of methoxy groups -OCH3 is 1. The summed E-state index contributed by atoms with van der Waals surface area (Å²) in [7, 11) is 1.49. The number of nitrogens with one attached hydrogen (secondary N) is 1. The van der Waals surface area contributed by atoms with Crippen molar-refractivity contribution in [3.63, 3.8) is 0 Å². The maximum atomic E-state index is 10.0. The second-order valence-corrected chi connectivity index (χ2v) is 2.37. The Kier molecular flexibility index (Phi) is 2.88. The fourth-order valence-corrected chi connectivity index (χ4v) is 0.896. The number of ether oxygens (including phenoxy) is 1. The first-order chi connectivity index (χ1) is 5.77. The lowest BCUT2D eigenvalue weighted by molar-refractivity contribution is -0.105. The normalized spacial score (nSPS) is 9.17. The molecule has 0 aliphatic rings. The highest BCUT2D eigenvalue weighted by Crippen LogP contribution is 2.24. The molecule has 1 N–H and O–H groups in total. The van der Waals surface area contributed by atoms with Gasteiger partial charge in [0.15, 0.2) is 0 Å². The molecule has 12 heavy (non-hydrogen) atoms. The molecule has 5 heteroatoms. The van der Waals surface area contributed by atoms with Gasteiger partial charge in [-0.3, -0.25) is 4.79 Å². The molecule has 0 spiro atoms. The molecule has 0 radical (unpaired) electrons. The summed E-state index contributed by atoms with van der Waals surface area (Å²) in [6.45, 7) is 0. The summed E-state index contributed by atoms with van der Waals surface area (Å²) in [5.41, 5.74) is 0. The van der Waals surface area contributed by atoms with Gasteiger partial charge in [-0.25, -0.2) is 4.98 Å². The van der Waals surface area contributed by atoms with Crippen molar-refractivity contribution < 1.29 is 9.53 Å². The molecule has 1 heterocycles. The number of rotatable bonds is 3. The molecule has 0 unspecified atom stereocenters. The third-order valence-electron chi connectivity index (χ3n) is 1.25. The third-order valence-corrected chi connectivity index (χ3v) is 1.53. The minimum absolute atomic E-state index is 0.409. The number of pyridine rings is 1. The highest BCUT2D eigenvalue weighted by molar-refractivity contribution is 6.32. The van der Waals surface area contributed by atoms with Crippen molar-refractivity contribution in [1.82, 2.24) is 4.98 Å². The lowest BCUT2D eigenvalue weighted by Gasteiger charge is -2.03. The van der Waals surface area contributed by atoms with Crippen LogP contribution in [0.5, 0.6) is 5.75 Å². The van der Waals surface area contributed by atoms with Crippen molar-refractivity contribution in [2.45, 2.75) is 0 Å². The lowest BCUT2D eigenvalue weighted by Crippen LogP contribution is -1.97. The van der Waals surface area contributed by atoms with E-state index in [-0.39, 0.29) is 0 Å². The summed E-state index contributed by atoms with van der Waals surface area (Å²) in [5.74, 6) is 0.891. The molecule has 0 aliphatic heterocycles. The number of aromatic nitrogens is 1. The number of halogens is 1. The molecule has 0 atom stereocenters. The monoisotopic (exact) mass is 186 g/mol. The van der Waals surface area contributed by atoms with Gasteiger partial charge in [0, 0.05) is 6.07 Å². The van der Waals surface area contributed by atoms with Gasteiger partial charge in [0.2, 0.25) is 6.41 Å². The molecule has 0 aromatic carbocycles. The minimum atomic E-state index is 0.409. The largest absolute Gasteiger partial charge is 0.495 e. The molecule has 0 saturated carbocycles. The first-order valence-electron chi connectivity index (χ1n) is 3.17. The quantitative estimate of drug-likeness (QED) is 0.725. The molecular weight excluding hydrogens is 180 g/mol. The second-order valence-electron chi connectivity index (χ2n) is 1.97. The average molecular weight is 187 g/mol. The van der Waals surface area contributed by atoms with E-state index in [2.05, 4.69) is 10.3 Å². The van der Waals surface area contributed by atoms with Gasteiger partial charge in [-0.15, -0.1) is 0 Å². The Morgan fingerprint density at radius 2 is 2.50 bits per heavy atom. The molecule has 0 fully saturated rings. The molecule has 0 bridgehead atoms. The van der Waals surface area contributed by atoms with Crippen molar-refractivity contribution in [2.75, 3.05) is 12.4 Å². The maximum absolute atomic E-state index is 10.0. The average Bonchev–Trinajstić information content (AvgIpc) is 2.09. The van der Waals surface area contributed by atoms with Crippen LogP contribution in [0.25, 0.3) is 0 Å². The summed E-state index contributed by atoms with van der Waals surface area (Å²) in [6.07, 6.45) is 1.95. The Balaban J connectivity index is 2.96. The fourth-order valence-electron chi connectivity index (χ4n) is 0.716. The van der Waals surface area contributed by atoms with E-state index in [9.17, 15) is 4.79 Å². The van der Waals surface area contributed by atoms with Crippen LogP contribution in [0.2, 0.25) is 5.02 Å². The number of hydrogen-bond acceptors (Lipinski definition) is 3. The second kappa shape index (κ2) is 3.92. The van der Waals surface area contributed by atoms with E-state index in [0.717, 1.165) is 0 Å². The van der Waals surface area contributed by atoms with Gasteiger partial charge in [0.1, 0.15) is 16.6 Å². The minimum Gasteiger partial charge on any atom is -0.495 e. The van der Waals surface area contributed by atoms with Crippen molar-refractivity contribution in [3.8, 4) is 5.75 Å². The summed E-state index contributed by atoms with van der Waals surface area (Å²) in [5, 5.41) is 2.79. The van der Waals surface area contributed by atoms with E-state index in [1.807, 2.05) is 0 Å². The van der Waals surface area contributed by atoms with Crippen LogP contribution in [0.4, 0.5) is 5.82 Å². The number of hydrogen-bond donors (Lipinski definition) is 1. The van der Waals surface area contributed by atoms with Crippen LogP contribution >= 0.6 is 11.6 Å². The SMILES string of the molecule is COc1cc(NC=O)ncc1Cl. The van der Waals surface area contributed by atoms with E-state index >= 15 is 0 Å². The fraction of sp³-hybridized carbons (Fsp3) is 0.143. The van der Waals surface area contributed by atoms with Crippen LogP contribution in [0.15, 0.2) is 12.3 Å². The first-order valence-corrected chi connectivity index (χ1v) is 3.55. The predicted molar refractivity (Wildman–Crippen MR) is 45.5 cm³/mol. The van der Waals surface area contributed by atoms with Crippen LogP contribution in [0.3, 0.4) is 0 Å². The van der Waals surface area contributed by atoms with Crippen molar-refractivity contribution in [1.29, 1.82) is 0 Å². The number of nitrogens with zero attached hydrogens (tertiary/aromatic N) is 1. The van der Waals surface area contributed by atoms with Gasteiger partial charge >= 0.3 is 0 Å². The van der Waals surface area contributed by atoms with E-state index in [0.29, 0.717) is 23.0 Å². The molecule has 64 valence electrons. The van der Waals surface area contributed by atoms with Crippen molar-refractivity contribution in [2.24, 2.45) is 0 Å². The number of carbonyl (C=O) groups excluding carboxylic acids is 1. The van der Waals surface area contributed by atoms with E-state index in [4.69, 9.17) is 16.3 Å². The molecule has 4 nitrogen and oxygen atoms in total. The zero-order valence-electron chi connectivity index (χ0n) is 6.37. The highest BCUT2D eigenvalue weighted by Gasteiger charge is 2.01. The number of amides is 1. The van der Waals surface area contributed by atoms with Crippen LogP contribution in [-0.4, -0.2) is 18.5 Å². The van der Waals surface area contributed by atoms with Crippen LogP contribution in [0, 0.1) is 0 Å². The Labute approximate surface area is 74.5 Å². The van der Waals surface area contributed by atoms with Crippen LogP contribution in [-0.2, 0) is 4.79 Å². The van der Waals surface area contributed by atoms with Gasteiger partial charge in [-0.05, 0) is 0 Å². The van der Waals surface area contributed by atoms with Gasteiger partial charge in [0.05, 0.1) is 13.3 Å². The van der Waals surface area contributed by atoms with Crippen LogP contribution < -0.4 is 10.1 Å². The topological polar surface area (TPSA) is 51.2 Å². The smallest absolute Gasteiger partial charge is 0.212 e.